The van der Waals surface area contributed by atoms with E-state index in [9.17, 15) is 0 Å². The first-order chi connectivity index (χ1) is 14.2. The van der Waals surface area contributed by atoms with Gasteiger partial charge in [-0.3, -0.25) is 0 Å². The van der Waals surface area contributed by atoms with Gasteiger partial charge in [-0.1, -0.05) is 75.4 Å². The molecule has 0 aliphatic rings. The van der Waals surface area contributed by atoms with Crippen molar-refractivity contribution in [2.45, 2.75) is 41.0 Å². The molecule has 0 spiro atoms. The van der Waals surface area contributed by atoms with Crippen LogP contribution in [0.1, 0.15) is 37.6 Å². The van der Waals surface area contributed by atoms with E-state index in [1.807, 2.05) is 0 Å². The van der Waals surface area contributed by atoms with Crippen molar-refractivity contribution in [2.75, 3.05) is 0 Å². The molecule has 0 N–H and O–H groups in total. The van der Waals surface area contributed by atoms with Crippen molar-refractivity contribution in [1.29, 1.82) is 0 Å². The van der Waals surface area contributed by atoms with Gasteiger partial charge in [-0.05, 0) is 58.5 Å². The fourth-order valence-electron chi connectivity index (χ4n) is 4.41. The second-order valence-electron chi connectivity index (χ2n) is 9.75. The topological polar surface area (TPSA) is 3.88 Å². The number of fused-ring (bicyclic) bond motifs is 1. The summed E-state index contributed by atoms with van der Waals surface area (Å²) in [6.07, 6.45) is 1.09. The van der Waals surface area contributed by atoms with Gasteiger partial charge in [0.25, 0.3) is 0 Å². The smallest absolute Gasteiger partial charge is 0.198 e. The van der Waals surface area contributed by atoms with Crippen molar-refractivity contribution in [3.05, 3.63) is 89.6 Å². The maximum Gasteiger partial charge on any atom is 0.220 e. The summed E-state index contributed by atoms with van der Waals surface area (Å²) in [5, 5.41) is 2.64. The van der Waals surface area contributed by atoms with Crippen LogP contribution in [0, 0.1) is 19.3 Å². The normalized spacial score (nSPS) is 11.8. The maximum atomic E-state index is 2.38. The zero-order valence-electron chi connectivity index (χ0n) is 19.1. The summed E-state index contributed by atoms with van der Waals surface area (Å²) in [4.78, 5) is 0. The number of hydrogen-bond donors (Lipinski definition) is 0. The zero-order chi connectivity index (χ0) is 21.5. The summed E-state index contributed by atoms with van der Waals surface area (Å²) in [5.41, 5.74) is 9.40. The monoisotopic (exact) mass is 394 g/mol. The minimum atomic E-state index is 0.287. The van der Waals surface area contributed by atoms with Crippen LogP contribution in [0.4, 0.5) is 0 Å². The van der Waals surface area contributed by atoms with Crippen LogP contribution in [0.3, 0.4) is 0 Å². The van der Waals surface area contributed by atoms with E-state index in [1.165, 1.54) is 50.0 Å². The van der Waals surface area contributed by atoms with Crippen LogP contribution in [0.5, 0.6) is 0 Å². The van der Waals surface area contributed by atoms with Crippen LogP contribution in [-0.4, -0.2) is 0 Å². The number of aryl methyl sites for hydroxylation is 2. The molecule has 0 amide bonds. The molecule has 4 rings (SSSR count). The Morgan fingerprint density at radius 1 is 0.767 bits per heavy atom. The van der Waals surface area contributed by atoms with Crippen LogP contribution in [0.15, 0.2) is 72.8 Å². The average Bonchev–Trinajstić information content (AvgIpc) is 2.69. The molecule has 0 aliphatic carbocycles. The molecule has 1 aromatic heterocycles. The lowest BCUT2D eigenvalue weighted by Gasteiger charge is -2.18. The summed E-state index contributed by atoms with van der Waals surface area (Å²) in [6.45, 7) is 11.3. The second-order valence-corrected chi connectivity index (χ2v) is 9.75. The molecule has 4 aromatic rings. The van der Waals surface area contributed by atoms with Crippen molar-refractivity contribution < 1.29 is 4.57 Å². The highest BCUT2D eigenvalue weighted by Crippen LogP contribution is 2.33. The summed E-state index contributed by atoms with van der Waals surface area (Å²) in [6, 6.07) is 26.8. The van der Waals surface area contributed by atoms with E-state index in [2.05, 4.69) is 119 Å². The third kappa shape index (κ3) is 4.03. The first-order valence-corrected chi connectivity index (χ1v) is 10.8. The molecule has 0 saturated carbocycles. The van der Waals surface area contributed by atoms with Gasteiger partial charge in [0.05, 0.1) is 5.39 Å². The van der Waals surface area contributed by atoms with E-state index in [-0.39, 0.29) is 5.41 Å². The maximum absolute atomic E-state index is 2.38. The van der Waals surface area contributed by atoms with Gasteiger partial charge in [0.2, 0.25) is 5.69 Å². The third-order valence-electron chi connectivity index (χ3n) is 5.92. The second kappa shape index (κ2) is 7.72. The number of pyridine rings is 1. The first-order valence-electron chi connectivity index (χ1n) is 10.8. The Morgan fingerprint density at radius 3 is 2.17 bits per heavy atom. The molecule has 0 radical (unpaired) electrons. The molecule has 0 unspecified atom stereocenters. The highest BCUT2D eigenvalue weighted by molar-refractivity contribution is 5.94. The van der Waals surface area contributed by atoms with Crippen molar-refractivity contribution in [3.63, 3.8) is 0 Å². The third-order valence-corrected chi connectivity index (χ3v) is 5.92. The molecule has 1 heteroatoms. The van der Waals surface area contributed by atoms with E-state index in [4.69, 9.17) is 0 Å². The van der Waals surface area contributed by atoms with Crippen molar-refractivity contribution in [1.82, 2.24) is 0 Å². The summed E-state index contributed by atoms with van der Waals surface area (Å²) in [7, 11) is 2.18. The molecular weight excluding hydrogens is 362 g/mol. The van der Waals surface area contributed by atoms with E-state index in [1.54, 1.807) is 0 Å². The first kappa shape index (κ1) is 20.3. The summed E-state index contributed by atoms with van der Waals surface area (Å²) >= 11 is 0. The number of nitrogens with zero attached hydrogens (tertiary/aromatic N) is 1. The van der Waals surface area contributed by atoms with Crippen LogP contribution >= 0.6 is 0 Å². The Kier molecular flexibility index (Phi) is 5.24. The van der Waals surface area contributed by atoms with E-state index < -0.39 is 0 Å². The number of rotatable bonds is 3. The zero-order valence-corrected chi connectivity index (χ0v) is 19.1. The van der Waals surface area contributed by atoms with Gasteiger partial charge in [0, 0.05) is 18.6 Å². The quantitative estimate of drug-likeness (QED) is 0.323. The summed E-state index contributed by atoms with van der Waals surface area (Å²) < 4.78 is 2.33. The molecule has 1 nitrogen and oxygen atoms in total. The number of aromatic nitrogens is 1. The fourth-order valence-corrected chi connectivity index (χ4v) is 4.41. The standard InChI is InChI=1S/C29H32N/c1-20-16-24(23-10-8-7-9-11-23)13-15-26(20)28-27-14-12-22(19-29(3,4)5)18-25(27)17-21(2)30(28)6/h7-18H,19H2,1-6H3/q+1. The molecule has 0 aliphatic heterocycles. The predicted octanol–water partition coefficient (Wildman–Crippen LogP) is 7.20. The molecule has 0 bridgehead atoms. The molecule has 3 aromatic carbocycles. The lowest BCUT2D eigenvalue weighted by Crippen LogP contribution is -2.35. The minimum Gasteiger partial charge on any atom is -0.198 e. The Bertz CT molecular complexity index is 1210. The molecule has 0 saturated heterocycles. The minimum absolute atomic E-state index is 0.287. The molecule has 30 heavy (non-hydrogen) atoms. The Labute approximate surface area is 181 Å². The molecule has 152 valence electrons. The predicted molar refractivity (Wildman–Crippen MR) is 129 cm³/mol. The van der Waals surface area contributed by atoms with Gasteiger partial charge in [-0.15, -0.1) is 0 Å². The molecule has 0 fully saturated rings. The van der Waals surface area contributed by atoms with Gasteiger partial charge in [0.1, 0.15) is 7.05 Å². The largest absolute Gasteiger partial charge is 0.220 e. The van der Waals surface area contributed by atoms with Gasteiger partial charge >= 0.3 is 0 Å². The Balaban J connectivity index is 1.87. The molecular formula is C29H32N+. The van der Waals surface area contributed by atoms with Gasteiger partial charge in [-0.25, -0.2) is 0 Å². The lowest BCUT2D eigenvalue weighted by atomic mass is 9.87. The lowest BCUT2D eigenvalue weighted by molar-refractivity contribution is -0.665. The van der Waals surface area contributed by atoms with Crippen molar-refractivity contribution in [3.8, 4) is 22.4 Å². The summed E-state index contributed by atoms with van der Waals surface area (Å²) in [5.74, 6) is 0. The van der Waals surface area contributed by atoms with Gasteiger partial charge in [0.15, 0.2) is 5.69 Å². The van der Waals surface area contributed by atoms with Crippen molar-refractivity contribution >= 4 is 10.8 Å². The van der Waals surface area contributed by atoms with Crippen LogP contribution in [0.2, 0.25) is 0 Å². The Hall–Kier alpha value is -2.93. The number of hydrogen-bond acceptors (Lipinski definition) is 0. The molecule has 1 heterocycles. The highest BCUT2D eigenvalue weighted by Gasteiger charge is 2.21. The molecule has 0 atom stereocenters. The van der Waals surface area contributed by atoms with E-state index >= 15 is 0 Å². The highest BCUT2D eigenvalue weighted by atomic mass is 14.9. The van der Waals surface area contributed by atoms with Crippen LogP contribution < -0.4 is 4.57 Å². The number of benzene rings is 3. The van der Waals surface area contributed by atoms with Gasteiger partial charge < -0.3 is 0 Å². The Morgan fingerprint density at radius 2 is 1.50 bits per heavy atom. The van der Waals surface area contributed by atoms with E-state index in [0.717, 1.165) is 6.42 Å². The van der Waals surface area contributed by atoms with Crippen LogP contribution in [-0.2, 0) is 13.5 Å². The SMILES string of the molecule is Cc1cc(-c2ccccc2)ccc1-c1c2ccc(CC(C)(C)C)cc2cc(C)[n+]1C. The van der Waals surface area contributed by atoms with Crippen molar-refractivity contribution in [2.24, 2.45) is 12.5 Å². The van der Waals surface area contributed by atoms with Gasteiger partial charge in [-0.2, -0.15) is 4.57 Å². The fraction of sp³-hybridized carbons (Fsp3) is 0.276. The van der Waals surface area contributed by atoms with Crippen LogP contribution in [0.25, 0.3) is 33.2 Å². The van der Waals surface area contributed by atoms with E-state index in [0.29, 0.717) is 0 Å². The average molecular weight is 395 g/mol.